The summed E-state index contributed by atoms with van der Waals surface area (Å²) in [5.41, 5.74) is 2.52. The maximum absolute atomic E-state index is 13.7. The molecule has 1 aromatic carbocycles. The molecule has 1 aliphatic rings. The molecule has 0 amide bonds. The molecule has 0 saturated heterocycles. The highest BCUT2D eigenvalue weighted by atomic mass is 35.5. The number of thioether (sulfide) groups is 1. The molecule has 0 saturated carbocycles. The number of rotatable bonds is 6. The van der Waals surface area contributed by atoms with E-state index in [0.29, 0.717) is 18.1 Å². The van der Waals surface area contributed by atoms with Crippen LogP contribution in [0.2, 0.25) is 0 Å². The van der Waals surface area contributed by atoms with Gasteiger partial charge in [0.25, 0.3) is 5.56 Å². The second kappa shape index (κ2) is 8.81. The van der Waals surface area contributed by atoms with Gasteiger partial charge in [-0.25, -0.2) is 4.40 Å². The standard InChI is InChI=1S/C23H23ClN4OS2/c1-15(24)12-14-30-23-26-25-22-27(13-11-16-7-3-2-4-8-16)20(29)19-17-9-5-6-10-18(17)31-21(19)28(22)23/h2-4,7-8,12H,5-6,9-11,13-14H2,1H3/b15-12-. The molecule has 4 aromatic rings. The zero-order valence-electron chi connectivity index (χ0n) is 17.3. The summed E-state index contributed by atoms with van der Waals surface area (Å²) >= 11 is 9.34. The van der Waals surface area contributed by atoms with Crippen LogP contribution in [0.15, 0.2) is 51.4 Å². The van der Waals surface area contributed by atoms with Crippen molar-refractivity contribution in [3.63, 3.8) is 0 Å². The first-order valence-electron chi connectivity index (χ1n) is 10.5. The number of benzene rings is 1. The van der Waals surface area contributed by atoms with Gasteiger partial charge in [-0.2, -0.15) is 0 Å². The van der Waals surface area contributed by atoms with Gasteiger partial charge in [-0.05, 0) is 50.2 Å². The van der Waals surface area contributed by atoms with Crippen LogP contribution in [0, 0.1) is 0 Å². The third kappa shape index (κ3) is 3.95. The number of halogens is 1. The molecule has 3 aromatic heterocycles. The summed E-state index contributed by atoms with van der Waals surface area (Å²) in [5, 5.41) is 11.3. The molecule has 0 unspecified atom stereocenters. The number of fused-ring (bicyclic) bond motifs is 5. The fourth-order valence-electron chi connectivity index (χ4n) is 4.18. The van der Waals surface area contributed by atoms with Gasteiger partial charge in [0.2, 0.25) is 5.78 Å². The van der Waals surface area contributed by atoms with Crippen LogP contribution < -0.4 is 5.56 Å². The van der Waals surface area contributed by atoms with E-state index in [1.165, 1.54) is 22.4 Å². The second-order valence-corrected chi connectivity index (χ2v) is 10.5. The first-order valence-corrected chi connectivity index (χ1v) is 12.7. The first-order chi connectivity index (χ1) is 15.1. The van der Waals surface area contributed by atoms with E-state index in [1.54, 1.807) is 23.1 Å². The fraction of sp³-hybridized carbons (Fsp3) is 0.348. The van der Waals surface area contributed by atoms with E-state index < -0.39 is 0 Å². The van der Waals surface area contributed by atoms with Gasteiger partial charge < -0.3 is 0 Å². The summed E-state index contributed by atoms with van der Waals surface area (Å²) in [5.74, 6) is 1.34. The molecule has 0 atom stereocenters. The Balaban J connectivity index is 1.67. The van der Waals surface area contributed by atoms with Gasteiger partial charge in [0.1, 0.15) is 4.83 Å². The Morgan fingerprint density at radius 1 is 1.23 bits per heavy atom. The lowest BCUT2D eigenvalue weighted by Crippen LogP contribution is -2.24. The Bertz CT molecular complexity index is 1330. The van der Waals surface area contributed by atoms with Crippen molar-refractivity contribution in [3.8, 4) is 0 Å². The van der Waals surface area contributed by atoms with Gasteiger partial charge in [-0.3, -0.25) is 9.36 Å². The van der Waals surface area contributed by atoms with Crippen LogP contribution >= 0.6 is 34.7 Å². The van der Waals surface area contributed by atoms with Crippen molar-refractivity contribution in [1.82, 2.24) is 19.2 Å². The molecular formula is C23H23ClN4OS2. The minimum absolute atomic E-state index is 0.0679. The zero-order valence-corrected chi connectivity index (χ0v) is 19.7. The maximum atomic E-state index is 13.7. The van der Waals surface area contributed by atoms with Gasteiger partial charge in [-0.1, -0.05) is 59.8 Å². The lowest BCUT2D eigenvalue weighted by atomic mass is 9.97. The van der Waals surface area contributed by atoms with Gasteiger partial charge in [0, 0.05) is 22.2 Å². The highest BCUT2D eigenvalue weighted by molar-refractivity contribution is 7.99. The molecule has 31 heavy (non-hydrogen) atoms. The van der Waals surface area contributed by atoms with Crippen molar-refractivity contribution in [2.45, 2.75) is 50.7 Å². The van der Waals surface area contributed by atoms with Gasteiger partial charge in [0.05, 0.1) is 5.39 Å². The largest absolute Gasteiger partial charge is 0.276 e. The lowest BCUT2D eigenvalue weighted by Gasteiger charge is -2.12. The summed E-state index contributed by atoms with van der Waals surface area (Å²) < 4.78 is 3.91. The average Bonchev–Trinajstić information content (AvgIpc) is 3.36. The smallest absolute Gasteiger partial charge is 0.263 e. The van der Waals surface area contributed by atoms with E-state index in [2.05, 4.69) is 26.7 Å². The van der Waals surface area contributed by atoms with Crippen molar-refractivity contribution in [3.05, 3.63) is 67.8 Å². The van der Waals surface area contributed by atoms with Crippen molar-refractivity contribution in [2.24, 2.45) is 0 Å². The minimum atomic E-state index is 0.0679. The molecule has 5 nitrogen and oxygen atoms in total. The van der Waals surface area contributed by atoms with E-state index in [4.69, 9.17) is 11.6 Å². The normalized spacial score (nSPS) is 14.5. The summed E-state index contributed by atoms with van der Waals surface area (Å²) in [7, 11) is 0. The Kier molecular flexibility index (Phi) is 5.91. The highest BCUT2D eigenvalue weighted by Gasteiger charge is 2.24. The van der Waals surface area contributed by atoms with Crippen molar-refractivity contribution in [1.29, 1.82) is 0 Å². The predicted molar refractivity (Wildman–Crippen MR) is 130 cm³/mol. The molecule has 1 aliphatic carbocycles. The molecule has 0 radical (unpaired) electrons. The van der Waals surface area contributed by atoms with Crippen LogP contribution in [0.1, 0.15) is 35.8 Å². The molecule has 3 heterocycles. The molecule has 8 heteroatoms. The van der Waals surface area contributed by atoms with E-state index in [0.717, 1.165) is 46.1 Å². The Morgan fingerprint density at radius 2 is 2.03 bits per heavy atom. The monoisotopic (exact) mass is 470 g/mol. The predicted octanol–water partition coefficient (Wildman–Crippen LogP) is 5.46. The maximum Gasteiger partial charge on any atom is 0.263 e. The number of hydrogen-bond acceptors (Lipinski definition) is 5. The van der Waals surface area contributed by atoms with Crippen molar-refractivity contribution in [2.75, 3.05) is 5.75 Å². The fourth-order valence-corrected chi connectivity index (χ4v) is 6.67. The Morgan fingerprint density at radius 3 is 2.84 bits per heavy atom. The molecule has 160 valence electrons. The van der Waals surface area contributed by atoms with E-state index in [1.807, 2.05) is 35.8 Å². The first kappa shape index (κ1) is 20.8. The topological polar surface area (TPSA) is 52.2 Å². The van der Waals surface area contributed by atoms with E-state index in [9.17, 15) is 4.79 Å². The number of aromatic nitrogens is 4. The van der Waals surface area contributed by atoms with Crippen LogP contribution in [0.5, 0.6) is 0 Å². The average molecular weight is 471 g/mol. The van der Waals surface area contributed by atoms with Gasteiger partial charge >= 0.3 is 0 Å². The number of nitrogens with zero attached hydrogens (tertiary/aromatic N) is 4. The van der Waals surface area contributed by atoms with Crippen LogP contribution in [0.3, 0.4) is 0 Å². The quantitative estimate of drug-likeness (QED) is 0.351. The van der Waals surface area contributed by atoms with E-state index >= 15 is 0 Å². The summed E-state index contributed by atoms with van der Waals surface area (Å²) in [6, 6.07) is 10.3. The van der Waals surface area contributed by atoms with Crippen molar-refractivity contribution < 1.29 is 0 Å². The number of aryl methyl sites for hydroxylation is 4. The minimum Gasteiger partial charge on any atom is -0.276 e. The van der Waals surface area contributed by atoms with Gasteiger partial charge in [0.15, 0.2) is 5.16 Å². The lowest BCUT2D eigenvalue weighted by molar-refractivity contribution is 0.673. The highest BCUT2D eigenvalue weighted by Crippen LogP contribution is 2.36. The molecule has 0 bridgehead atoms. The molecule has 0 N–H and O–H groups in total. The van der Waals surface area contributed by atoms with Crippen LogP contribution in [0.4, 0.5) is 0 Å². The number of allylic oxidation sites excluding steroid dienone is 1. The van der Waals surface area contributed by atoms with Crippen LogP contribution in [0.25, 0.3) is 16.0 Å². The summed E-state index contributed by atoms with van der Waals surface area (Å²) in [6.07, 6.45) is 7.11. The SMILES string of the molecule is C/C(Cl)=C/CSc1nnc2n(CCc3ccccc3)c(=O)c3c4c(sc3n12)CCCC4. The molecule has 0 spiro atoms. The molecule has 0 fully saturated rings. The second-order valence-electron chi connectivity index (χ2n) is 7.80. The molecule has 5 rings (SSSR count). The van der Waals surface area contributed by atoms with E-state index in [-0.39, 0.29) is 5.56 Å². The van der Waals surface area contributed by atoms with Crippen LogP contribution in [-0.2, 0) is 25.8 Å². The third-order valence-electron chi connectivity index (χ3n) is 5.72. The number of hydrogen-bond donors (Lipinski definition) is 0. The summed E-state index contributed by atoms with van der Waals surface area (Å²) in [4.78, 5) is 16.0. The third-order valence-corrected chi connectivity index (χ3v) is 8.00. The Labute approximate surface area is 193 Å². The molecule has 0 aliphatic heterocycles. The number of thiophene rings is 1. The van der Waals surface area contributed by atoms with Crippen LogP contribution in [-0.4, -0.2) is 24.9 Å². The van der Waals surface area contributed by atoms with Gasteiger partial charge in [-0.15, -0.1) is 21.5 Å². The molecular weight excluding hydrogens is 448 g/mol. The zero-order chi connectivity index (χ0) is 21.4. The summed E-state index contributed by atoms with van der Waals surface area (Å²) in [6.45, 7) is 2.45. The van der Waals surface area contributed by atoms with Crippen molar-refractivity contribution >= 4 is 50.7 Å². The Hall–Kier alpha value is -2.09.